The lowest BCUT2D eigenvalue weighted by Gasteiger charge is -2.13. The van der Waals surface area contributed by atoms with E-state index >= 15 is 0 Å². The Balaban J connectivity index is 1.46. The van der Waals surface area contributed by atoms with Crippen molar-refractivity contribution in [2.75, 3.05) is 7.11 Å². The van der Waals surface area contributed by atoms with Crippen LogP contribution < -0.4 is 9.47 Å². The summed E-state index contributed by atoms with van der Waals surface area (Å²) in [4.78, 5) is 4.40. The molecular weight excluding hydrogens is 396 g/mol. The molecule has 1 saturated carbocycles. The van der Waals surface area contributed by atoms with Crippen LogP contribution in [0.15, 0.2) is 39.4 Å². The van der Waals surface area contributed by atoms with Crippen LogP contribution in [0.3, 0.4) is 0 Å². The number of hydrogen-bond donors (Lipinski definition) is 0. The Morgan fingerprint density at radius 1 is 1.00 bits per heavy atom. The van der Waals surface area contributed by atoms with E-state index in [-0.39, 0.29) is 6.10 Å². The van der Waals surface area contributed by atoms with Crippen LogP contribution in [0.2, 0.25) is 0 Å². The van der Waals surface area contributed by atoms with Crippen molar-refractivity contribution in [3.05, 3.63) is 36.2 Å². The fourth-order valence-corrected chi connectivity index (χ4v) is 4.07. The molecule has 8 nitrogen and oxygen atoms in total. The van der Waals surface area contributed by atoms with Gasteiger partial charge in [-0.25, -0.2) is 4.98 Å². The average molecular weight is 420 g/mol. The first-order valence-corrected chi connectivity index (χ1v) is 10.6. The highest BCUT2D eigenvalue weighted by Gasteiger charge is 2.24. The Kier molecular flexibility index (Phi) is 5.05. The standard InChI is InChI=1S/C23H24N4O4/c1-13(2)29-18-9-8-15(11-19(18)28-3)21-25-26-22(30-21)16-10-17-20(14-6-4-5-7-14)27-31-23(17)24-12-16/h8-14H,4-7H2,1-3H3. The minimum Gasteiger partial charge on any atom is -0.493 e. The minimum absolute atomic E-state index is 0.0451. The highest BCUT2D eigenvalue weighted by molar-refractivity contribution is 5.80. The normalized spacial score (nSPS) is 14.6. The Hall–Kier alpha value is -3.42. The molecule has 31 heavy (non-hydrogen) atoms. The molecule has 0 N–H and O–H groups in total. The second kappa shape index (κ2) is 8.02. The third-order valence-corrected chi connectivity index (χ3v) is 5.54. The summed E-state index contributed by atoms with van der Waals surface area (Å²) < 4.78 is 22.6. The Morgan fingerprint density at radius 2 is 1.77 bits per heavy atom. The van der Waals surface area contributed by atoms with Crippen LogP contribution >= 0.6 is 0 Å². The number of benzene rings is 1. The summed E-state index contributed by atoms with van der Waals surface area (Å²) in [6, 6.07) is 7.52. The second-order valence-corrected chi connectivity index (χ2v) is 8.07. The first kappa shape index (κ1) is 19.5. The molecule has 1 aromatic carbocycles. The molecule has 5 rings (SSSR count). The lowest BCUT2D eigenvalue weighted by atomic mass is 10.0. The van der Waals surface area contributed by atoms with Crippen molar-refractivity contribution in [1.29, 1.82) is 0 Å². The third kappa shape index (κ3) is 3.73. The molecule has 8 heteroatoms. The predicted molar refractivity (Wildman–Crippen MR) is 114 cm³/mol. The van der Waals surface area contributed by atoms with E-state index < -0.39 is 0 Å². The van der Waals surface area contributed by atoms with Crippen LogP contribution in [0.25, 0.3) is 34.0 Å². The van der Waals surface area contributed by atoms with Crippen LogP contribution in [0.4, 0.5) is 0 Å². The number of nitrogens with zero attached hydrogens (tertiary/aromatic N) is 4. The molecule has 0 radical (unpaired) electrons. The Labute approximate surface area is 179 Å². The summed E-state index contributed by atoms with van der Waals surface area (Å²) >= 11 is 0. The average Bonchev–Trinajstić information content (AvgIpc) is 3.52. The summed E-state index contributed by atoms with van der Waals surface area (Å²) in [6.07, 6.45) is 6.43. The number of fused-ring (bicyclic) bond motifs is 1. The zero-order chi connectivity index (χ0) is 21.4. The van der Waals surface area contributed by atoms with Crippen molar-refractivity contribution in [1.82, 2.24) is 20.3 Å². The van der Waals surface area contributed by atoms with Gasteiger partial charge in [0, 0.05) is 17.7 Å². The minimum atomic E-state index is 0.0451. The molecule has 1 fully saturated rings. The monoisotopic (exact) mass is 420 g/mol. The molecule has 0 spiro atoms. The summed E-state index contributed by atoms with van der Waals surface area (Å²) in [5.41, 5.74) is 3.00. The molecule has 1 aliphatic rings. The van der Waals surface area contributed by atoms with Gasteiger partial charge in [-0.2, -0.15) is 0 Å². The fraction of sp³-hybridized carbons (Fsp3) is 0.391. The van der Waals surface area contributed by atoms with Gasteiger partial charge in [-0.3, -0.25) is 0 Å². The summed E-state index contributed by atoms with van der Waals surface area (Å²) in [5, 5.41) is 13.6. The maximum Gasteiger partial charge on any atom is 0.257 e. The molecule has 0 bridgehead atoms. The van der Waals surface area contributed by atoms with E-state index in [1.807, 2.05) is 38.1 Å². The van der Waals surface area contributed by atoms with Crippen molar-refractivity contribution < 1.29 is 18.4 Å². The smallest absolute Gasteiger partial charge is 0.257 e. The predicted octanol–water partition coefficient (Wildman–Crippen LogP) is 5.39. The molecule has 0 atom stereocenters. The zero-order valence-corrected chi connectivity index (χ0v) is 17.8. The molecule has 0 unspecified atom stereocenters. The SMILES string of the molecule is COc1cc(-c2nnc(-c3cnc4onc(C5CCCC5)c4c3)o2)ccc1OC(C)C. The van der Waals surface area contributed by atoms with Crippen molar-refractivity contribution in [3.63, 3.8) is 0 Å². The summed E-state index contributed by atoms with van der Waals surface area (Å²) in [7, 11) is 1.60. The van der Waals surface area contributed by atoms with E-state index in [2.05, 4.69) is 20.3 Å². The van der Waals surface area contributed by atoms with Crippen LogP contribution in [-0.2, 0) is 0 Å². The van der Waals surface area contributed by atoms with Crippen LogP contribution in [0, 0.1) is 0 Å². The molecule has 3 heterocycles. The topological polar surface area (TPSA) is 96.3 Å². The molecule has 4 aromatic rings. The van der Waals surface area contributed by atoms with Gasteiger partial charge in [0.2, 0.25) is 11.8 Å². The van der Waals surface area contributed by atoms with Gasteiger partial charge in [-0.1, -0.05) is 18.0 Å². The molecule has 0 aliphatic heterocycles. The lowest BCUT2D eigenvalue weighted by molar-refractivity contribution is 0.230. The number of pyridine rings is 1. The van der Waals surface area contributed by atoms with Gasteiger partial charge in [0.05, 0.1) is 29.9 Å². The Morgan fingerprint density at radius 3 is 2.52 bits per heavy atom. The molecule has 0 amide bonds. The van der Waals surface area contributed by atoms with E-state index in [1.54, 1.807) is 13.3 Å². The molecule has 3 aromatic heterocycles. The van der Waals surface area contributed by atoms with E-state index in [1.165, 1.54) is 12.8 Å². The fourth-order valence-electron chi connectivity index (χ4n) is 4.07. The molecule has 1 aliphatic carbocycles. The van der Waals surface area contributed by atoms with Gasteiger partial charge in [-0.05, 0) is 51.0 Å². The number of hydrogen-bond acceptors (Lipinski definition) is 8. The van der Waals surface area contributed by atoms with Gasteiger partial charge >= 0.3 is 0 Å². The number of rotatable bonds is 6. The van der Waals surface area contributed by atoms with Gasteiger partial charge in [0.1, 0.15) is 0 Å². The highest BCUT2D eigenvalue weighted by Crippen LogP contribution is 2.38. The lowest BCUT2D eigenvalue weighted by Crippen LogP contribution is -2.06. The van der Waals surface area contributed by atoms with Gasteiger partial charge < -0.3 is 18.4 Å². The molecule has 160 valence electrons. The van der Waals surface area contributed by atoms with Crippen LogP contribution in [0.5, 0.6) is 11.5 Å². The van der Waals surface area contributed by atoms with Crippen molar-refractivity contribution in [2.45, 2.75) is 51.6 Å². The molecule has 0 saturated heterocycles. The van der Waals surface area contributed by atoms with E-state index in [4.69, 9.17) is 18.4 Å². The van der Waals surface area contributed by atoms with E-state index in [0.29, 0.717) is 34.9 Å². The number of methoxy groups -OCH3 is 1. The quantitative estimate of drug-likeness (QED) is 0.409. The zero-order valence-electron chi connectivity index (χ0n) is 17.8. The van der Waals surface area contributed by atoms with Crippen molar-refractivity contribution in [3.8, 4) is 34.4 Å². The first-order valence-electron chi connectivity index (χ1n) is 10.6. The van der Waals surface area contributed by atoms with E-state index in [9.17, 15) is 0 Å². The maximum absolute atomic E-state index is 5.96. The van der Waals surface area contributed by atoms with Crippen molar-refractivity contribution >= 4 is 11.1 Å². The van der Waals surface area contributed by atoms with Gasteiger partial charge in [0.25, 0.3) is 5.71 Å². The van der Waals surface area contributed by atoms with Crippen molar-refractivity contribution in [2.24, 2.45) is 0 Å². The van der Waals surface area contributed by atoms with Crippen LogP contribution in [-0.4, -0.2) is 33.6 Å². The maximum atomic E-state index is 5.96. The van der Waals surface area contributed by atoms with Gasteiger partial charge in [0.15, 0.2) is 11.5 Å². The molecular formula is C23H24N4O4. The summed E-state index contributed by atoms with van der Waals surface area (Å²) in [6.45, 7) is 3.94. The van der Waals surface area contributed by atoms with Crippen LogP contribution in [0.1, 0.15) is 51.1 Å². The second-order valence-electron chi connectivity index (χ2n) is 8.07. The highest BCUT2D eigenvalue weighted by atomic mass is 16.5. The van der Waals surface area contributed by atoms with E-state index in [0.717, 1.165) is 35.0 Å². The largest absolute Gasteiger partial charge is 0.493 e. The van der Waals surface area contributed by atoms with Gasteiger partial charge in [-0.15, -0.1) is 10.2 Å². The number of aromatic nitrogens is 4. The number of ether oxygens (including phenoxy) is 2. The first-order chi connectivity index (χ1) is 15.1. The summed E-state index contributed by atoms with van der Waals surface area (Å²) in [5.74, 6) is 2.49. The Bertz CT molecular complexity index is 1210. The third-order valence-electron chi connectivity index (χ3n) is 5.54.